The molecule has 0 radical (unpaired) electrons. The first-order valence-electron chi connectivity index (χ1n) is 10.1. The van der Waals surface area contributed by atoms with E-state index < -0.39 is 0 Å². The van der Waals surface area contributed by atoms with E-state index in [1.165, 1.54) is 11.8 Å². The molecule has 4 rings (SSSR count). The lowest BCUT2D eigenvalue weighted by atomic mass is 10.1. The Labute approximate surface area is 190 Å². The molecular weight excluding hydrogens is 424 g/mol. The van der Waals surface area contributed by atoms with Gasteiger partial charge in [0.15, 0.2) is 28.3 Å². The van der Waals surface area contributed by atoms with E-state index in [0.29, 0.717) is 53.4 Å². The van der Waals surface area contributed by atoms with Crippen LogP contribution in [0, 0.1) is 0 Å². The van der Waals surface area contributed by atoms with Crippen LogP contribution in [0.3, 0.4) is 0 Å². The van der Waals surface area contributed by atoms with Crippen LogP contribution in [0.15, 0.2) is 79.3 Å². The van der Waals surface area contributed by atoms with Gasteiger partial charge in [-0.1, -0.05) is 31.0 Å². The number of nitrogens with zero attached hydrogens (tertiary/aromatic N) is 4. The molecule has 3 aromatic rings. The minimum Gasteiger partial charge on any atom is -0.486 e. The summed E-state index contributed by atoms with van der Waals surface area (Å²) in [6.07, 6.45) is 9.01. The van der Waals surface area contributed by atoms with Crippen molar-refractivity contribution in [3.8, 4) is 22.9 Å². The summed E-state index contributed by atoms with van der Waals surface area (Å²) in [5, 5.41) is 9.39. The van der Waals surface area contributed by atoms with Gasteiger partial charge in [0, 0.05) is 41.4 Å². The average Bonchev–Trinajstić information content (AvgIpc) is 3.26. The van der Waals surface area contributed by atoms with Crippen molar-refractivity contribution in [2.24, 2.45) is 0 Å². The number of Topliss-reactive ketones (excluding diaryl/α,β-unsaturated/α-hetero) is 1. The number of rotatable bonds is 9. The van der Waals surface area contributed by atoms with Crippen LogP contribution in [0.4, 0.5) is 0 Å². The second kappa shape index (κ2) is 10.1. The van der Waals surface area contributed by atoms with Crippen LogP contribution in [0.5, 0.6) is 11.5 Å². The number of carbonyl (C=O) groups excluding carboxylic acids is 1. The molecule has 2 aromatic heterocycles. The molecular formula is C24H22N4O3S. The number of ketones is 1. The van der Waals surface area contributed by atoms with Crippen molar-refractivity contribution in [2.45, 2.75) is 11.6 Å². The van der Waals surface area contributed by atoms with Crippen LogP contribution in [0.1, 0.15) is 16.8 Å². The topological polar surface area (TPSA) is 79.1 Å². The number of allylic oxidation sites excluding steroid dienone is 4. The second-order valence-electron chi connectivity index (χ2n) is 6.79. The molecule has 0 amide bonds. The van der Waals surface area contributed by atoms with Crippen molar-refractivity contribution < 1.29 is 14.3 Å². The number of benzene rings is 1. The molecule has 1 aliphatic rings. The monoisotopic (exact) mass is 446 g/mol. The average molecular weight is 447 g/mol. The highest BCUT2D eigenvalue weighted by Crippen LogP contribution is 2.32. The van der Waals surface area contributed by atoms with Crippen molar-refractivity contribution >= 4 is 23.2 Å². The van der Waals surface area contributed by atoms with Crippen molar-refractivity contribution in [3.05, 3.63) is 79.7 Å². The zero-order valence-electron chi connectivity index (χ0n) is 17.4. The van der Waals surface area contributed by atoms with Crippen LogP contribution in [0.2, 0.25) is 0 Å². The van der Waals surface area contributed by atoms with E-state index in [1.54, 1.807) is 42.7 Å². The lowest BCUT2D eigenvalue weighted by Gasteiger charge is -2.18. The van der Waals surface area contributed by atoms with Crippen LogP contribution in [0.25, 0.3) is 17.1 Å². The van der Waals surface area contributed by atoms with E-state index in [9.17, 15) is 4.79 Å². The normalized spacial score (nSPS) is 12.9. The summed E-state index contributed by atoms with van der Waals surface area (Å²) in [6.45, 7) is 8.69. The molecule has 32 heavy (non-hydrogen) atoms. The molecule has 0 fully saturated rings. The molecule has 3 heterocycles. The number of hydrogen-bond donors (Lipinski definition) is 0. The number of aromatic nitrogens is 4. The zero-order chi connectivity index (χ0) is 22.3. The first-order chi connectivity index (χ1) is 15.7. The predicted molar refractivity (Wildman–Crippen MR) is 125 cm³/mol. The molecule has 0 spiro atoms. The number of fused-ring (bicyclic) bond motifs is 1. The van der Waals surface area contributed by atoms with E-state index in [1.807, 2.05) is 22.8 Å². The summed E-state index contributed by atoms with van der Waals surface area (Å²) < 4.78 is 13.0. The van der Waals surface area contributed by atoms with E-state index in [4.69, 9.17) is 9.47 Å². The third-order valence-corrected chi connectivity index (χ3v) is 5.68. The minimum absolute atomic E-state index is 0.0282. The number of ether oxygens (including phenoxy) is 2. The van der Waals surface area contributed by atoms with Gasteiger partial charge in [-0.3, -0.25) is 14.3 Å². The number of pyridine rings is 1. The minimum atomic E-state index is 0.0282. The first kappa shape index (κ1) is 21.6. The molecule has 162 valence electrons. The highest BCUT2D eigenvalue weighted by atomic mass is 32.2. The Balaban J connectivity index is 1.51. The summed E-state index contributed by atoms with van der Waals surface area (Å²) in [6, 6.07) is 9.04. The predicted octanol–water partition coefficient (Wildman–Crippen LogP) is 4.69. The van der Waals surface area contributed by atoms with Crippen molar-refractivity contribution in [2.75, 3.05) is 19.0 Å². The van der Waals surface area contributed by atoms with E-state index in [2.05, 4.69) is 28.3 Å². The molecule has 0 N–H and O–H groups in total. The Kier molecular flexibility index (Phi) is 6.81. The molecule has 0 bridgehead atoms. The fourth-order valence-electron chi connectivity index (χ4n) is 3.23. The second-order valence-corrected chi connectivity index (χ2v) is 7.85. The Morgan fingerprint density at radius 2 is 1.88 bits per heavy atom. The molecule has 0 unspecified atom stereocenters. The standard InChI is InChI=1S/C24H22N4O3S/c1-3-5-19(4-2)28-23(17-8-11-25-12-9-17)26-27-24(28)32-15-10-20(29)18-6-7-21-22(16-18)31-14-13-30-21/h3-9,11-12,16H,1-2,10,13-15H2/b19-5+. The third kappa shape index (κ3) is 4.65. The Morgan fingerprint density at radius 1 is 1.09 bits per heavy atom. The van der Waals surface area contributed by atoms with Gasteiger partial charge in [-0.2, -0.15) is 0 Å². The van der Waals surface area contributed by atoms with Crippen LogP contribution in [-0.4, -0.2) is 44.5 Å². The highest BCUT2D eigenvalue weighted by Gasteiger charge is 2.18. The molecule has 0 aliphatic carbocycles. The Hall–Kier alpha value is -3.65. The summed E-state index contributed by atoms with van der Waals surface area (Å²) in [4.78, 5) is 16.8. The Bertz CT molecular complexity index is 1170. The molecule has 0 saturated heterocycles. The first-order valence-corrected chi connectivity index (χ1v) is 11.1. The van der Waals surface area contributed by atoms with Crippen molar-refractivity contribution in [3.63, 3.8) is 0 Å². The maximum absolute atomic E-state index is 12.7. The van der Waals surface area contributed by atoms with Crippen LogP contribution < -0.4 is 9.47 Å². The van der Waals surface area contributed by atoms with E-state index >= 15 is 0 Å². The Morgan fingerprint density at radius 3 is 2.62 bits per heavy atom. The van der Waals surface area contributed by atoms with Gasteiger partial charge in [0.1, 0.15) is 13.2 Å². The molecule has 7 nitrogen and oxygen atoms in total. The van der Waals surface area contributed by atoms with E-state index in [-0.39, 0.29) is 5.78 Å². The fraction of sp³-hybridized carbons (Fsp3) is 0.167. The van der Waals surface area contributed by atoms with Crippen LogP contribution in [-0.2, 0) is 0 Å². The zero-order valence-corrected chi connectivity index (χ0v) is 18.3. The third-order valence-electron chi connectivity index (χ3n) is 4.75. The maximum atomic E-state index is 12.7. The largest absolute Gasteiger partial charge is 0.486 e. The van der Waals surface area contributed by atoms with Gasteiger partial charge in [0.2, 0.25) is 0 Å². The molecule has 1 aliphatic heterocycles. The molecule has 0 saturated carbocycles. The van der Waals surface area contributed by atoms with Gasteiger partial charge < -0.3 is 9.47 Å². The SMILES string of the molecule is C=C/C=C(\C=C)n1c(SCCC(=O)c2ccc3c(c2)OCCO3)nnc1-c1ccncc1. The molecule has 0 atom stereocenters. The van der Waals surface area contributed by atoms with Gasteiger partial charge in [-0.15, -0.1) is 10.2 Å². The summed E-state index contributed by atoms with van der Waals surface area (Å²) in [7, 11) is 0. The van der Waals surface area contributed by atoms with Gasteiger partial charge >= 0.3 is 0 Å². The van der Waals surface area contributed by atoms with Gasteiger partial charge in [0.25, 0.3) is 0 Å². The van der Waals surface area contributed by atoms with Gasteiger partial charge in [-0.25, -0.2) is 0 Å². The van der Waals surface area contributed by atoms with E-state index in [0.717, 1.165) is 11.3 Å². The molecule has 8 heteroatoms. The highest BCUT2D eigenvalue weighted by molar-refractivity contribution is 7.99. The van der Waals surface area contributed by atoms with Crippen molar-refractivity contribution in [1.82, 2.24) is 19.7 Å². The number of thioether (sulfide) groups is 1. The smallest absolute Gasteiger partial charge is 0.196 e. The van der Waals surface area contributed by atoms with Crippen molar-refractivity contribution in [1.29, 1.82) is 0 Å². The summed E-state index contributed by atoms with van der Waals surface area (Å²) in [5.74, 6) is 2.52. The lowest BCUT2D eigenvalue weighted by molar-refractivity contribution is 0.0988. The van der Waals surface area contributed by atoms with Crippen LogP contribution >= 0.6 is 11.8 Å². The van der Waals surface area contributed by atoms with Gasteiger partial charge in [-0.05, 0) is 42.5 Å². The fourth-order valence-corrected chi connectivity index (χ4v) is 4.12. The quantitative estimate of drug-likeness (QED) is 0.268. The number of hydrogen-bond acceptors (Lipinski definition) is 7. The lowest BCUT2D eigenvalue weighted by Crippen LogP contribution is -2.15. The summed E-state index contributed by atoms with van der Waals surface area (Å²) >= 11 is 1.46. The maximum Gasteiger partial charge on any atom is 0.196 e. The molecule has 1 aromatic carbocycles. The number of carbonyl (C=O) groups is 1. The van der Waals surface area contributed by atoms with Gasteiger partial charge in [0.05, 0.1) is 0 Å². The summed E-state index contributed by atoms with van der Waals surface area (Å²) in [5.41, 5.74) is 2.27.